The molecule has 80 heavy (non-hydrogen) atoms. The van der Waals surface area contributed by atoms with Crippen molar-refractivity contribution in [1.29, 1.82) is 0 Å². The van der Waals surface area contributed by atoms with Crippen molar-refractivity contribution in [1.82, 2.24) is 0 Å². The lowest BCUT2D eigenvalue weighted by Crippen LogP contribution is -2.30. The fourth-order valence-electron chi connectivity index (χ4n) is 10.4. The molecule has 0 fully saturated rings. The highest BCUT2D eigenvalue weighted by Crippen LogP contribution is 2.18. The van der Waals surface area contributed by atoms with E-state index in [2.05, 4.69) is 81.5 Å². The summed E-state index contributed by atoms with van der Waals surface area (Å²) in [6.45, 7) is 6.60. The highest BCUT2D eigenvalue weighted by atomic mass is 16.6. The second kappa shape index (κ2) is 68.6. The summed E-state index contributed by atoms with van der Waals surface area (Å²) in [6.07, 6.45) is 88.3. The average molecular weight is 1120 g/mol. The molecule has 466 valence electrons. The van der Waals surface area contributed by atoms with Gasteiger partial charge in [-0.2, -0.15) is 0 Å². The smallest absolute Gasteiger partial charge is 0.306 e. The summed E-state index contributed by atoms with van der Waals surface area (Å²) in [5.74, 6) is -0.866. The molecule has 0 aromatic rings. The van der Waals surface area contributed by atoms with Gasteiger partial charge in [-0.15, -0.1) is 0 Å². The average Bonchev–Trinajstić information content (AvgIpc) is 3.46. The van der Waals surface area contributed by atoms with Crippen LogP contribution in [0.25, 0.3) is 0 Å². The van der Waals surface area contributed by atoms with E-state index < -0.39 is 6.10 Å². The predicted octanol–water partition coefficient (Wildman–Crippen LogP) is 24.3. The molecule has 0 heterocycles. The number of ether oxygens (including phenoxy) is 3. The molecule has 0 aromatic heterocycles. The predicted molar refractivity (Wildman–Crippen MR) is 348 cm³/mol. The van der Waals surface area contributed by atoms with Crippen molar-refractivity contribution in [3.05, 3.63) is 60.8 Å². The Morgan fingerprint density at radius 1 is 0.250 bits per heavy atom. The van der Waals surface area contributed by atoms with Gasteiger partial charge in [-0.25, -0.2) is 0 Å². The van der Waals surface area contributed by atoms with Crippen molar-refractivity contribution < 1.29 is 28.6 Å². The summed E-state index contributed by atoms with van der Waals surface area (Å²) in [5.41, 5.74) is 0. The first-order valence-corrected chi connectivity index (χ1v) is 35.3. The van der Waals surface area contributed by atoms with Crippen LogP contribution in [0.15, 0.2) is 60.8 Å². The number of unbranched alkanes of at least 4 members (excludes halogenated alkanes) is 44. The van der Waals surface area contributed by atoms with Crippen LogP contribution >= 0.6 is 0 Å². The first kappa shape index (κ1) is 77.1. The number of rotatable bonds is 65. The van der Waals surface area contributed by atoms with E-state index in [0.29, 0.717) is 19.3 Å². The Morgan fingerprint density at radius 2 is 0.475 bits per heavy atom. The monoisotopic (exact) mass is 1120 g/mol. The molecule has 6 nitrogen and oxygen atoms in total. The Morgan fingerprint density at radius 3 is 0.750 bits per heavy atom. The highest BCUT2D eigenvalue weighted by molar-refractivity contribution is 5.71. The molecule has 0 radical (unpaired) electrons. The van der Waals surface area contributed by atoms with Gasteiger partial charge in [0.15, 0.2) is 6.10 Å². The van der Waals surface area contributed by atoms with Crippen LogP contribution in [-0.4, -0.2) is 37.2 Å². The first-order chi connectivity index (χ1) is 39.5. The minimum Gasteiger partial charge on any atom is -0.462 e. The van der Waals surface area contributed by atoms with Crippen molar-refractivity contribution in [2.45, 2.75) is 380 Å². The zero-order valence-electron chi connectivity index (χ0n) is 53.6. The van der Waals surface area contributed by atoms with Crippen LogP contribution < -0.4 is 0 Å². The molecular weight excluding hydrogens is 985 g/mol. The van der Waals surface area contributed by atoms with E-state index in [-0.39, 0.29) is 31.1 Å². The van der Waals surface area contributed by atoms with Gasteiger partial charge in [-0.05, 0) is 103 Å². The number of carbonyl (C=O) groups is 3. The second-order valence-electron chi connectivity index (χ2n) is 23.8. The Bertz CT molecular complexity index is 1430. The van der Waals surface area contributed by atoms with Crippen molar-refractivity contribution in [3.8, 4) is 0 Å². The number of allylic oxidation sites excluding steroid dienone is 10. The van der Waals surface area contributed by atoms with Crippen molar-refractivity contribution in [2.24, 2.45) is 0 Å². The zero-order chi connectivity index (χ0) is 57.8. The van der Waals surface area contributed by atoms with Crippen LogP contribution in [0.5, 0.6) is 0 Å². The molecule has 0 aliphatic carbocycles. The van der Waals surface area contributed by atoms with E-state index in [1.807, 2.05) is 0 Å². The lowest BCUT2D eigenvalue weighted by Gasteiger charge is -2.18. The van der Waals surface area contributed by atoms with Crippen LogP contribution in [0.3, 0.4) is 0 Å². The van der Waals surface area contributed by atoms with E-state index in [9.17, 15) is 14.4 Å². The number of carbonyl (C=O) groups excluding carboxylic acids is 3. The summed E-state index contributed by atoms with van der Waals surface area (Å²) >= 11 is 0. The molecule has 0 saturated heterocycles. The number of hydrogen-bond donors (Lipinski definition) is 0. The van der Waals surface area contributed by atoms with Crippen LogP contribution in [0.1, 0.15) is 374 Å². The van der Waals surface area contributed by atoms with Gasteiger partial charge >= 0.3 is 17.9 Å². The van der Waals surface area contributed by atoms with Crippen LogP contribution in [0.2, 0.25) is 0 Å². The van der Waals surface area contributed by atoms with Gasteiger partial charge in [-0.3, -0.25) is 14.4 Å². The fraction of sp³-hybridized carbons (Fsp3) is 0.824. The van der Waals surface area contributed by atoms with Gasteiger partial charge in [0.2, 0.25) is 0 Å². The van der Waals surface area contributed by atoms with E-state index in [4.69, 9.17) is 14.2 Å². The molecular formula is C74H134O6. The van der Waals surface area contributed by atoms with Gasteiger partial charge in [0.25, 0.3) is 0 Å². The third-order valence-electron chi connectivity index (χ3n) is 15.7. The molecule has 0 aliphatic heterocycles. The maximum Gasteiger partial charge on any atom is 0.306 e. The normalized spacial score (nSPS) is 12.4. The fourth-order valence-corrected chi connectivity index (χ4v) is 10.4. The molecule has 0 aliphatic rings. The third kappa shape index (κ3) is 65.9. The minimum atomic E-state index is -0.777. The molecule has 0 amide bonds. The largest absolute Gasteiger partial charge is 0.462 e. The van der Waals surface area contributed by atoms with E-state index >= 15 is 0 Å². The lowest BCUT2D eigenvalue weighted by molar-refractivity contribution is -0.167. The summed E-state index contributed by atoms with van der Waals surface area (Å²) in [4.78, 5) is 38.3. The van der Waals surface area contributed by atoms with Crippen molar-refractivity contribution in [2.75, 3.05) is 13.2 Å². The van der Waals surface area contributed by atoms with Crippen LogP contribution in [0.4, 0.5) is 0 Å². The van der Waals surface area contributed by atoms with E-state index in [0.717, 1.165) is 83.5 Å². The summed E-state index contributed by atoms with van der Waals surface area (Å²) < 4.78 is 16.9. The Hall–Kier alpha value is -2.89. The van der Waals surface area contributed by atoms with Crippen LogP contribution in [-0.2, 0) is 28.6 Å². The van der Waals surface area contributed by atoms with E-state index in [1.54, 1.807) is 0 Å². The molecule has 0 aromatic carbocycles. The zero-order valence-corrected chi connectivity index (χ0v) is 53.6. The third-order valence-corrected chi connectivity index (χ3v) is 15.7. The molecule has 0 saturated carbocycles. The molecule has 0 rings (SSSR count). The van der Waals surface area contributed by atoms with E-state index in [1.165, 1.54) is 250 Å². The topological polar surface area (TPSA) is 78.9 Å². The van der Waals surface area contributed by atoms with Crippen LogP contribution in [0, 0.1) is 0 Å². The Balaban J connectivity index is 4.16. The van der Waals surface area contributed by atoms with Crippen molar-refractivity contribution in [3.63, 3.8) is 0 Å². The standard InChI is InChI=1S/C74H134O6/c1-4-7-10-13-16-19-22-24-26-28-30-32-34-36-37-39-40-42-44-46-48-50-52-55-58-61-64-67-73(76)79-70-71(69-78-72(75)66-63-60-57-54-21-18-15-12-9-6-3)80-74(77)68-65-62-59-56-53-51-49-47-45-43-41-38-35-33-31-29-27-25-23-20-17-14-11-8-5-2/h12,15,22-25,28-31,71H,4-11,13-14,16-21,26-27,32-70H2,1-3H3/b15-12-,24-22-,25-23-,30-28-,31-29-. The Labute approximate surface area is 498 Å². The highest BCUT2D eigenvalue weighted by Gasteiger charge is 2.19. The molecule has 1 atom stereocenters. The molecule has 0 N–H and O–H groups in total. The molecule has 6 heteroatoms. The summed E-state index contributed by atoms with van der Waals surface area (Å²) in [5, 5.41) is 0. The number of esters is 3. The number of hydrogen-bond acceptors (Lipinski definition) is 6. The molecule has 0 spiro atoms. The Kier molecular flexibility index (Phi) is 66.1. The van der Waals surface area contributed by atoms with Gasteiger partial charge in [0.1, 0.15) is 13.2 Å². The van der Waals surface area contributed by atoms with Gasteiger partial charge in [0, 0.05) is 19.3 Å². The summed E-state index contributed by atoms with van der Waals surface area (Å²) in [6, 6.07) is 0. The van der Waals surface area contributed by atoms with Gasteiger partial charge in [-0.1, -0.05) is 313 Å². The lowest BCUT2D eigenvalue weighted by atomic mass is 10.0. The van der Waals surface area contributed by atoms with Gasteiger partial charge in [0.05, 0.1) is 0 Å². The quantitative estimate of drug-likeness (QED) is 0.0261. The van der Waals surface area contributed by atoms with Gasteiger partial charge < -0.3 is 14.2 Å². The molecule has 1 unspecified atom stereocenters. The van der Waals surface area contributed by atoms with Crippen molar-refractivity contribution >= 4 is 17.9 Å². The summed E-state index contributed by atoms with van der Waals surface area (Å²) in [7, 11) is 0. The second-order valence-corrected chi connectivity index (χ2v) is 23.8. The maximum atomic E-state index is 12.9. The maximum absolute atomic E-state index is 12.9. The molecule has 0 bridgehead atoms. The SMILES string of the molecule is CCC/C=C\CCCCCCCC(=O)OCC(COC(=O)CCCCCCCCCCCCCCCCC/C=C\C/C=C\CCCCCCC)OC(=O)CCCCCCCCCCCCCCC/C=C\C/C=C\CCCCCCC. The first-order valence-electron chi connectivity index (χ1n) is 35.3. The minimum absolute atomic E-state index is 0.0740.